The van der Waals surface area contributed by atoms with Crippen molar-refractivity contribution in [3.8, 4) is 5.75 Å². The molecule has 150 valence electrons. The van der Waals surface area contributed by atoms with Crippen LogP contribution in [0.1, 0.15) is 12.2 Å². The van der Waals surface area contributed by atoms with Crippen LogP contribution in [0, 0.1) is 0 Å². The Kier molecular flexibility index (Phi) is 6.18. The zero-order chi connectivity index (χ0) is 19.4. The van der Waals surface area contributed by atoms with Gasteiger partial charge in [0.25, 0.3) is 5.91 Å². The summed E-state index contributed by atoms with van der Waals surface area (Å²) >= 11 is 0. The van der Waals surface area contributed by atoms with Crippen LogP contribution < -0.4 is 10.2 Å². The summed E-state index contributed by atoms with van der Waals surface area (Å²) in [6, 6.07) is 1.01. The SMILES string of the molecule is CN(C(=O)COc1coc(CN2CCOCC2)cc1=O)C1CCS(=O)(=O)C1. The van der Waals surface area contributed by atoms with Gasteiger partial charge in [-0.15, -0.1) is 0 Å². The molecule has 27 heavy (non-hydrogen) atoms. The fourth-order valence-electron chi connectivity index (χ4n) is 3.13. The van der Waals surface area contributed by atoms with Gasteiger partial charge in [-0.3, -0.25) is 14.5 Å². The maximum atomic E-state index is 12.2. The van der Waals surface area contributed by atoms with Crippen molar-refractivity contribution in [2.75, 3.05) is 51.5 Å². The smallest absolute Gasteiger partial charge is 0.260 e. The molecule has 0 aromatic carbocycles. The predicted octanol–water partition coefficient (Wildman–Crippen LogP) is -0.504. The first-order chi connectivity index (χ1) is 12.8. The number of ether oxygens (including phenoxy) is 2. The van der Waals surface area contributed by atoms with Gasteiger partial charge in [0.15, 0.2) is 16.4 Å². The van der Waals surface area contributed by atoms with Gasteiger partial charge in [-0.25, -0.2) is 8.42 Å². The van der Waals surface area contributed by atoms with Gasteiger partial charge >= 0.3 is 0 Å². The van der Waals surface area contributed by atoms with E-state index >= 15 is 0 Å². The van der Waals surface area contributed by atoms with Crippen molar-refractivity contribution in [3.63, 3.8) is 0 Å². The van der Waals surface area contributed by atoms with Crippen molar-refractivity contribution in [1.82, 2.24) is 9.80 Å². The Hall–Kier alpha value is -1.91. The van der Waals surface area contributed by atoms with E-state index in [2.05, 4.69) is 4.90 Å². The van der Waals surface area contributed by atoms with Crippen LogP contribution in [0.5, 0.6) is 5.75 Å². The first kappa shape index (κ1) is 19.8. The van der Waals surface area contributed by atoms with E-state index in [-0.39, 0.29) is 41.2 Å². The van der Waals surface area contributed by atoms with Gasteiger partial charge < -0.3 is 18.8 Å². The number of hydrogen-bond acceptors (Lipinski definition) is 8. The van der Waals surface area contributed by atoms with Crippen molar-refractivity contribution >= 4 is 15.7 Å². The van der Waals surface area contributed by atoms with Crippen LogP contribution in [0.15, 0.2) is 21.5 Å². The minimum atomic E-state index is -3.08. The molecule has 0 saturated carbocycles. The van der Waals surface area contributed by atoms with Crippen LogP contribution >= 0.6 is 0 Å². The number of carbonyl (C=O) groups excluding carboxylic acids is 1. The Bertz CT molecular complexity index is 830. The lowest BCUT2D eigenvalue weighted by molar-refractivity contribution is -0.133. The molecular weight excluding hydrogens is 376 g/mol. The number of sulfone groups is 1. The number of likely N-dealkylation sites (N-methyl/N-ethyl adjacent to an activating group) is 1. The Morgan fingerprint density at radius 3 is 2.74 bits per heavy atom. The second-order valence-electron chi connectivity index (χ2n) is 6.81. The lowest BCUT2D eigenvalue weighted by Crippen LogP contribution is -2.40. The summed E-state index contributed by atoms with van der Waals surface area (Å²) in [6.07, 6.45) is 1.63. The van der Waals surface area contributed by atoms with Crippen molar-refractivity contribution in [3.05, 3.63) is 28.3 Å². The monoisotopic (exact) mass is 400 g/mol. The predicted molar refractivity (Wildman–Crippen MR) is 96.4 cm³/mol. The van der Waals surface area contributed by atoms with E-state index in [0.717, 1.165) is 13.1 Å². The van der Waals surface area contributed by atoms with Crippen LogP contribution in [-0.2, 0) is 25.9 Å². The zero-order valence-corrected chi connectivity index (χ0v) is 16.1. The summed E-state index contributed by atoms with van der Waals surface area (Å²) in [5, 5.41) is 0. The molecule has 1 amide bonds. The Balaban J connectivity index is 1.53. The molecule has 1 aromatic heterocycles. The highest BCUT2D eigenvalue weighted by Gasteiger charge is 2.32. The molecule has 0 spiro atoms. The molecule has 0 bridgehead atoms. The minimum absolute atomic E-state index is 0.0341. The number of carbonyl (C=O) groups is 1. The van der Waals surface area contributed by atoms with Crippen molar-refractivity contribution < 1.29 is 27.1 Å². The van der Waals surface area contributed by atoms with Gasteiger partial charge in [0, 0.05) is 32.2 Å². The summed E-state index contributed by atoms with van der Waals surface area (Å²) in [7, 11) is -1.53. The van der Waals surface area contributed by atoms with E-state index in [9.17, 15) is 18.0 Å². The normalized spacial score (nSPS) is 22.5. The highest BCUT2D eigenvalue weighted by Crippen LogP contribution is 2.17. The average molecular weight is 400 g/mol. The number of hydrogen-bond donors (Lipinski definition) is 0. The van der Waals surface area contributed by atoms with Crippen LogP contribution in [0.3, 0.4) is 0 Å². The van der Waals surface area contributed by atoms with Gasteiger partial charge in [0.2, 0.25) is 11.2 Å². The number of rotatable bonds is 6. The molecule has 0 N–H and O–H groups in total. The molecule has 1 atom stereocenters. The molecule has 1 aromatic rings. The van der Waals surface area contributed by atoms with Crippen LogP contribution in [0.2, 0.25) is 0 Å². The van der Waals surface area contributed by atoms with Gasteiger partial charge in [0.1, 0.15) is 12.0 Å². The van der Waals surface area contributed by atoms with Crippen LogP contribution in [0.4, 0.5) is 0 Å². The van der Waals surface area contributed by atoms with E-state index in [0.29, 0.717) is 31.9 Å². The van der Waals surface area contributed by atoms with E-state index in [1.165, 1.54) is 17.2 Å². The minimum Gasteiger partial charge on any atom is -0.477 e. The van der Waals surface area contributed by atoms with Gasteiger partial charge in [-0.2, -0.15) is 0 Å². The van der Waals surface area contributed by atoms with Crippen molar-refractivity contribution in [2.45, 2.75) is 19.0 Å². The summed E-state index contributed by atoms with van der Waals surface area (Å²) < 4.78 is 39.1. The molecule has 3 heterocycles. The molecule has 2 fully saturated rings. The van der Waals surface area contributed by atoms with Crippen molar-refractivity contribution in [2.24, 2.45) is 0 Å². The number of amides is 1. The number of nitrogens with zero attached hydrogens (tertiary/aromatic N) is 2. The summed E-state index contributed by atoms with van der Waals surface area (Å²) in [5.41, 5.74) is -0.358. The summed E-state index contributed by atoms with van der Waals surface area (Å²) in [4.78, 5) is 27.9. The first-order valence-corrected chi connectivity index (χ1v) is 10.7. The Labute approximate surface area is 157 Å². The van der Waals surface area contributed by atoms with Gasteiger partial charge in [-0.1, -0.05) is 0 Å². The average Bonchev–Trinajstić information content (AvgIpc) is 3.01. The first-order valence-electron chi connectivity index (χ1n) is 8.85. The topological polar surface area (TPSA) is 106 Å². The van der Waals surface area contributed by atoms with E-state index < -0.39 is 9.84 Å². The third-order valence-corrected chi connectivity index (χ3v) is 6.59. The molecular formula is C17H24N2O7S. The van der Waals surface area contributed by atoms with E-state index in [4.69, 9.17) is 13.9 Å². The lowest BCUT2D eigenvalue weighted by Gasteiger charge is -2.25. The summed E-state index contributed by atoms with van der Waals surface area (Å²) in [6.45, 7) is 3.03. The standard InChI is InChI=1S/C17H24N2O7S/c1-18(13-2-7-27(22,23)12-13)17(21)11-26-16-10-25-14(8-15(16)20)9-19-3-5-24-6-4-19/h8,10,13H,2-7,9,11-12H2,1H3. The van der Waals surface area contributed by atoms with E-state index in [1.807, 2.05) is 0 Å². The van der Waals surface area contributed by atoms with Gasteiger partial charge in [-0.05, 0) is 6.42 Å². The second kappa shape index (κ2) is 8.41. The quantitative estimate of drug-likeness (QED) is 0.629. The zero-order valence-electron chi connectivity index (χ0n) is 15.3. The molecule has 10 heteroatoms. The molecule has 2 saturated heterocycles. The lowest BCUT2D eigenvalue weighted by atomic mass is 10.2. The number of morpholine rings is 1. The fraction of sp³-hybridized carbons (Fsp3) is 0.647. The second-order valence-corrected chi connectivity index (χ2v) is 9.04. The highest BCUT2D eigenvalue weighted by molar-refractivity contribution is 7.91. The Morgan fingerprint density at radius 2 is 2.11 bits per heavy atom. The maximum absolute atomic E-state index is 12.2. The molecule has 3 rings (SSSR count). The molecule has 2 aliphatic heterocycles. The largest absolute Gasteiger partial charge is 0.477 e. The van der Waals surface area contributed by atoms with Crippen LogP contribution in [-0.4, -0.2) is 81.6 Å². The fourth-order valence-corrected chi connectivity index (χ4v) is 4.91. The van der Waals surface area contributed by atoms with Crippen molar-refractivity contribution in [1.29, 1.82) is 0 Å². The van der Waals surface area contributed by atoms with Crippen LogP contribution in [0.25, 0.3) is 0 Å². The molecule has 1 unspecified atom stereocenters. The third kappa shape index (κ3) is 5.30. The molecule has 0 radical (unpaired) electrons. The molecule has 9 nitrogen and oxygen atoms in total. The molecule has 2 aliphatic rings. The third-order valence-electron chi connectivity index (χ3n) is 4.84. The highest BCUT2D eigenvalue weighted by atomic mass is 32.2. The molecule has 0 aliphatic carbocycles. The maximum Gasteiger partial charge on any atom is 0.260 e. The summed E-state index contributed by atoms with van der Waals surface area (Å²) in [5.74, 6) is 0.155. The van der Waals surface area contributed by atoms with Gasteiger partial charge in [0.05, 0.1) is 31.3 Å². The van der Waals surface area contributed by atoms with E-state index in [1.54, 1.807) is 7.05 Å². The Morgan fingerprint density at radius 1 is 1.37 bits per heavy atom.